The zero-order chi connectivity index (χ0) is 21.8. The fraction of sp³-hybridized carbons (Fsp3) is 0.350. The molecule has 10 nitrogen and oxygen atoms in total. The molecule has 1 N–H and O–H groups in total. The standard InChI is InChI=1S/C20H17F2N7O3/c21-20(22)31-14-2-1-6-29-13(14)8-12(27-29)16-15-11(23-9-24-15)5-7-28(16)19(30)18-26-25-17(32-18)10-3-4-10/h1-2,6,8-10,16,20H,3-5,7H2,(H,23,24). The van der Waals surface area contributed by atoms with E-state index in [9.17, 15) is 13.6 Å². The molecular formula is C20H17F2N7O3. The van der Waals surface area contributed by atoms with E-state index in [2.05, 4.69) is 30.0 Å². The van der Waals surface area contributed by atoms with E-state index in [4.69, 9.17) is 4.42 Å². The topological polar surface area (TPSA) is 114 Å². The minimum atomic E-state index is -2.97. The molecule has 1 atom stereocenters. The third-order valence-electron chi connectivity index (χ3n) is 5.71. The number of aromatic amines is 1. The van der Waals surface area contributed by atoms with Gasteiger partial charge in [0.2, 0.25) is 5.89 Å². The van der Waals surface area contributed by atoms with Crippen LogP contribution in [0.1, 0.15) is 58.5 Å². The molecule has 4 aromatic rings. The van der Waals surface area contributed by atoms with Crippen LogP contribution in [0.15, 0.2) is 35.1 Å². The Balaban J connectivity index is 1.42. The van der Waals surface area contributed by atoms with Crippen LogP contribution in [0, 0.1) is 0 Å². The van der Waals surface area contributed by atoms with E-state index in [1.54, 1.807) is 29.6 Å². The van der Waals surface area contributed by atoms with E-state index in [0.717, 1.165) is 18.5 Å². The van der Waals surface area contributed by atoms with Crippen molar-refractivity contribution in [2.75, 3.05) is 6.54 Å². The van der Waals surface area contributed by atoms with Crippen LogP contribution in [0.25, 0.3) is 5.52 Å². The third-order valence-corrected chi connectivity index (χ3v) is 5.71. The van der Waals surface area contributed by atoms with Gasteiger partial charge < -0.3 is 19.0 Å². The molecule has 4 aromatic heterocycles. The Morgan fingerprint density at radius 2 is 2.19 bits per heavy atom. The number of carbonyl (C=O) groups excluding carboxylic acids is 1. The molecule has 0 spiro atoms. The number of pyridine rings is 1. The lowest BCUT2D eigenvalue weighted by Gasteiger charge is -2.32. The molecule has 1 fully saturated rings. The molecule has 0 bridgehead atoms. The Bertz CT molecular complexity index is 1310. The predicted octanol–water partition coefficient (Wildman–Crippen LogP) is 2.71. The minimum Gasteiger partial charge on any atom is -0.433 e. The zero-order valence-electron chi connectivity index (χ0n) is 16.6. The van der Waals surface area contributed by atoms with Crippen molar-refractivity contribution in [3.05, 3.63) is 59.6 Å². The van der Waals surface area contributed by atoms with Crippen LogP contribution in [0.2, 0.25) is 0 Å². The summed E-state index contributed by atoms with van der Waals surface area (Å²) in [6, 6.07) is 3.96. The summed E-state index contributed by atoms with van der Waals surface area (Å²) < 4.78 is 37.4. The number of alkyl halides is 2. The number of H-pyrrole nitrogens is 1. The summed E-state index contributed by atoms with van der Waals surface area (Å²) in [5.74, 6) is 0.184. The van der Waals surface area contributed by atoms with Crippen molar-refractivity contribution in [1.82, 2.24) is 34.7 Å². The number of amides is 1. The van der Waals surface area contributed by atoms with Crippen LogP contribution in [0.4, 0.5) is 8.78 Å². The summed E-state index contributed by atoms with van der Waals surface area (Å²) in [7, 11) is 0. The van der Waals surface area contributed by atoms with Gasteiger partial charge in [0, 0.05) is 30.8 Å². The molecule has 12 heteroatoms. The molecule has 1 aliphatic heterocycles. The van der Waals surface area contributed by atoms with Crippen LogP contribution in [0.5, 0.6) is 5.75 Å². The molecule has 32 heavy (non-hydrogen) atoms. The number of aromatic nitrogens is 6. The summed E-state index contributed by atoms with van der Waals surface area (Å²) in [6.07, 6.45) is 5.70. The summed E-state index contributed by atoms with van der Waals surface area (Å²) in [4.78, 5) is 22.4. The lowest BCUT2D eigenvalue weighted by molar-refractivity contribution is -0.0490. The number of nitrogens with one attached hydrogen (secondary N) is 1. The van der Waals surface area contributed by atoms with Crippen LogP contribution in [0.3, 0.4) is 0 Å². The lowest BCUT2D eigenvalue weighted by Crippen LogP contribution is -2.41. The quantitative estimate of drug-likeness (QED) is 0.506. The fourth-order valence-corrected chi connectivity index (χ4v) is 4.07. The number of hydrogen-bond donors (Lipinski definition) is 1. The smallest absolute Gasteiger partial charge is 0.387 e. The lowest BCUT2D eigenvalue weighted by atomic mass is 9.99. The first kappa shape index (κ1) is 18.9. The summed E-state index contributed by atoms with van der Waals surface area (Å²) in [5.41, 5.74) is 2.32. The number of hydrogen-bond acceptors (Lipinski definition) is 7. The first-order chi connectivity index (χ1) is 15.6. The Hall–Kier alpha value is -3.83. The highest BCUT2D eigenvalue weighted by molar-refractivity contribution is 5.90. The molecular weight excluding hydrogens is 424 g/mol. The van der Waals surface area contributed by atoms with Gasteiger partial charge in [-0.3, -0.25) is 4.79 Å². The number of carbonyl (C=O) groups is 1. The van der Waals surface area contributed by atoms with Crippen molar-refractivity contribution in [3.63, 3.8) is 0 Å². The third kappa shape index (κ3) is 3.10. The van der Waals surface area contributed by atoms with Crippen LogP contribution >= 0.6 is 0 Å². The minimum absolute atomic E-state index is 0.0110. The van der Waals surface area contributed by atoms with E-state index in [-0.39, 0.29) is 17.6 Å². The number of fused-ring (bicyclic) bond motifs is 2. The van der Waals surface area contributed by atoms with Crippen LogP contribution < -0.4 is 4.74 Å². The van der Waals surface area contributed by atoms with Gasteiger partial charge in [-0.05, 0) is 31.0 Å². The van der Waals surface area contributed by atoms with Gasteiger partial charge in [-0.15, -0.1) is 10.2 Å². The molecule has 1 unspecified atom stereocenters. The Morgan fingerprint density at radius 1 is 1.31 bits per heavy atom. The van der Waals surface area contributed by atoms with Gasteiger partial charge in [-0.25, -0.2) is 9.50 Å². The van der Waals surface area contributed by atoms with Crippen LogP contribution in [-0.4, -0.2) is 53.7 Å². The molecule has 2 aliphatic rings. The average Bonchev–Trinajstić information content (AvgIpc) is 3.19. The van der Waals surface area contributed by atoms with E-state index in [1.165, 1.54) is 10.6 Å². The highest BCUT2D eigenvalue weighted by Crippen LogP contribution is 2.40. The van der Waals surface area contributed by atoms with Gasteiger partial charge in [-0.1, -0.05) is 0 Å². The Kier molecular flexibility index (Phi) is 4.20. The van der Waals surface area contributed by atoms with Gasteiger partial charge in [0.25, 0.3) is 0 Å². The van der Waals surface area contributed by atoms with Gasteiger partial charge in [0.05, 0.1) is 17.7 Å². The second-order valence-corrected chi connectivity index (χ2v) is 7.79. The Labute approximate surface area is 179 Å². The molecule has 6 rings (SSSR count). The van der Waals surface area contributed by atoms with Gasteiger partial charge in [0.1, 0.15) is 11.6 Å². The normalized spacial score (nSPS) is 18.3. The second-order valence-electron chi connectivity index (χ2n) is 7.79. The summed E-state index contributed by atoms with van der Waals surface area (Å²) in [6.45, 7) is -2.60. The molecule has 0 saturated heterocycles. The number of rotatable bonds is 5. The number of nitrogens with zero attached hydrogens (tertiary/aromatic N) is 6. The maximum absolute atomic E-state index is 13.3. The average molecular weight is 441 g/mol. The van der Waals surface area contributed by atoms with Crippen molar-refractivity contribution >= 4 is 11.4 Å². The maximum Gasteiger partial charge on any atom is 0.387 e. The van der Waals surface area contributed by atoms with Gasteiger partial charge >= 0.3 is 18.4 Å². The number of halogens is 2. The monoisotopic (exact) mass is 441 g/mol. The number of ether oxygens (including phenoxy) is 1. The number of imidazole rings is 1. The van der Waals surface area contributed by atoms with E-state index < -0.39 is 18.6 Å². The highest BCUT2D eigenvalue weighted by atomic mass is 19.3. The van der Waals surface area contributed by atoms with Gasteiger partial charge in [0.15, 0.2) is 5.75 Å². The van der Waals surface area contributed by atoms with Crippen LogP contribution in [-0.2, 0) is 6.42 Å². The van der Waals surface area contributed by atoms with Crippen molar-refractivity contribution in [2.24, 2.45) is 0 Å². The van der Waals surface area contributed by atoms with E-state index in [0.29, 0.717) is 35.8 Å². The highest BCUT2D eigenvalue weighted by Gasteiger charge is 2.39. The Morgan fingerprint density at radius 3 is 3.00 bits per heavy atom. The molecule has 1 amide bonds. The first-order valence-corrected chi connectivity index (χ1v) is 10.2. The molecule has 1 aliphatic carbocycles. The maximum atomic E-state index is 13.3. The van der Waals surface area contributed by atoms with Gasteiger partial charge in [-0.2, -0.15) is 13.9 Å². The second kappa shape index (κ2) is 7.11. The van der Waals surface area contributed by atoms with E-state index in [1.807, 2.05) is 0 Å². The SMILES string of the molecule is O=C(c1nnc(C2CC2)o1)N1CCc2[nH]cnc2C1c1cc2c(OC(F)F)cccn2n1. The van der Waals surface area contributed by atoms with Crippen molar-refractivity contribution in [1.29, 1.82) is 0 Å². The first-order valence-electron chi connectivity index (χ1n) is 10.2. The fourth-order valence-electron chi connectivity index (χ4n) is 4.07. The molecule has 164 valence electrons. The summed E-state index contributed by atoms with van der Waals surface area (Å²) >= 11 is 0. The molecule has 5 heterocycles. The molecule has 1 saturated carbocycles. The largest absolute Gasteiger partial charge is 0.433 e. The van der Waals surface area contributed by atoms with Crippen molar-refractivity contribution in [3.8, 4) is 5.75 Å². The summed E-state index contributed by atoms with van der Waals surface area (Å²) in [5, 5.41) is 12.5. The van der Waals surface area contributed by atoms with E-state index >= 15 is 0 Å². The molecule has 0 aromatic carbocycles. The zero-order valence-corrected chi connectivity index (χ0v) is 16.6. The molecule has 0 radical (unpaired) electrons. The van der Waals surface area contributed by atoms with Crippen molar-refractivity contribution in [2.45, 2.75) is 37.8 Å². The van der Waals surface area contributed by atoms with Crippen molar-refractivity contribution < 1.29 is 22.7 Å². The predicted molar refractivity (Wildman–Crippen MR) is 103 cm³/mol.